The Balaban J connectivity index is 6.37. The fourth-order valence-corrected chi connectivity index (χ4v) is 6.26. The third kappa shape index (κ3) is 24.6. The summed E-state index contributed by atoms with van der Waals surface area (Å²) in [6.45, 7) is 2.47. The number of hydrogen-bond donors (Lipinski definition) is 11. The number of nitrogens with two attached hydrogens (primary N) is 8. The number of rotatable bonds is 36. The Labute approximate surface area is 345 Å². The molecule has 0 aliphatic carbocycles. The minimum Gasteiger partial charge on any atom is -0.370 e. The molecule has 0 spiro atoms. The molecule has 0 aromatic heterocycles. The summed E-state index contributed by atoms with van der Waals surface area (Å²) in [5.74, 6) is -9.94. The molecule has 0 rings (SSSR count). The van der Waals surface area contributed by atoms with E-state index >= 15 is 0 Å². The second-order valence-electron chi connectivity index (χ2n) is 15.1. The second-order valence-corrected chi connectivity index (χ2v) is 15.1. The first kappa shape index (κ1) is 54.1. The van der Waals surface area contributed by atoms with Gasteiger partial charge in [0.2, 0.25) is 41.4 Å². The Morgan fingerprint density at radius 3 is 1.07 bits per heavy atom. The van der Waals surface area contributed by atoms with E-state index in [1.807, 2.05) is 0 Å². The molecule has 19 N–H and O–H groups in total. The summed E-state index contributed by atoms with van der Waals surface area (Å²) in [5.41, 5.74) is 44.1. The van der Waals surface area contributed by atoms with Gasteiger partial charge in [0, 0.05) is 68.7 Å². The molecule has 0 saturated carbocycles. The SMILES string of the molecule is C[C@H](CCCN)NC(=O)[C@H](CCC(N)=O)CC(=O)[C@H](CCCN)NC(=O)[C@H](CCC(N)=O)CC(=O)[C@H](CCCN)NC(=O)[C@H](CCC(N)=O)CC(=O)[C@@H](N)CCC(N)=O. The molecule has 0 unspecified atom stereocenters. The van der Waals surface area contributed by atoms with E-state index in [2.05, 4.69) is 16.0 Å². The van der Waals surface area contributed by atoms with Crippen LogP contribution in [0.1, 0.15) is 116 Å². The molecule has 336 valence electrons. The molecular weight excluding hydrogens is 770 g/mol. The molecule has 21 nitrogen and oxygen atoms in total. The van der Waals surface area contributed by atoms with Crippen molar-refractivity contribution >= 4 is 58.7 Å². The number of carbonyl (C=O) groups is 10. The van der Waals surface area contributed by atoms with Gasteiger partial charge in [-0.05, 0) is 90.8 Å². The lowest BCUT2D eigenvalue weighted by atomic mass is 9.88. The van der Waals surface area contributed by atoms with E-state index < -0.39 is 107 Å². The van der Waals surface area contributed by atoms with Crippen molar-refractivity contribution in [2.24, 2.45) is 63.6 Å². The summed E-state index contributed by atoms with van der Waals surface area (Å²) >= 11 is 0. The predicted octanol–water partition coefficient (Wildman–Crippen LogP) is -3.21. The fraction of sp³-hybridized carbons (Fsp3) is 0.737. The van der Waals surface area contributed by atoms with Crippen molar-refractivity contribution in [3.8, 4) is 0 Å². The Hall–Kier alpha value is -4.86. The van der Waals surface area contributed by atoms with E-state index in [0.29, 0.717) is 25.8 Å². The molecule has 21 heteroatoms. The molecule has 0 aliphatic heterocycles. The second kappa shape index (κ2) is 30.2. The smallest absolute Gasteiger partial charge is 0.224 e. The zero-order valence-electron chi connectivity index (χ0n) is 34.4. The number of primary amides is 4. The Morgan fingerprint density at radius 1 is 0.424 bits per heavy atom. The van der Waals surface area contributed by atoms with Gasteiger partial charge in [-0.1, -0.05) is 0 Å². The van der Waals surface area contributed by atoms with E-state index in [-0.39, 0.29) is 96.2 Å². The molecule has 7 amide bonds. The first-order chi connectivity index (χ1) is 27.7. The lowest BCUT2D eigenvalue weighted by Crippen LogP contribution is -2.48. The Kier molecular flexibility index (Phi) is 27.7. The number of carbonyl (C=O) groups excluding carboxylic acids is 10. The maximum atomic E-state index is 13.9. The summed E-state index contributed by atoms with van der Waals surface area (Å²) in [5, 5.41) is 8.10. The fourth-order valence-electron chi connectivity index (χ4n) is 6.26. The zero-order chi connectivity index (χ0) is 45.1. The molecule has 0 fully saturated rings. The van der Waals surface area contributed by atoms with Gasteiger partial charge in [-0.15, -0.1) is 0 Å². The molecule has 0 heterocycles. The molecule has 0 aromatic rings. The van der Waals surface area contributed by atoms with Crippen LogP contribution in [-0.2, 0) is 47.9 Å². The van der Waals surface area contributed by atoms with Gasteiger partial charge in [0.15, 0.2) is 11.6 Å². The highest BCUT2D eigenvalue weighted by Crippen LogP contribution is 2.21. The Bertz CT molecular complexity index is 1430. The van der Waals surface area contributed by atoms with Crippen molar-refractivity contribution in [3.05, 3.63) is 0 Å². The largest absolute Gasteiger partial charge is 0.370 e. The summed E-state index contributed by atoms with van der Waals surface area (Å²) in [6, 6.07) is -3.79. The lowest BCUT2D eigenvalue weighted by Gasteiger charge is -2.26. The Morgan fingerprint density at radius 2 is 0.729 bits per heavy atom. The molecule has 0 bridgehead atoms. The van der Waals surface area contributed by atoms with E-state index in [4.69, 9.17) is 45.9 Å². The van der Waals surface area contributed by atoms with Crippen LogP contribution in [0.4, 0.5) is 0 Å². The number of ketones is 3. The van der Waals surface area contributed by atoms with Crippen molar-refractivity contribution in [2.75, 3.05) is 19.6 Å². The van der Waals surface area contributed by atoms with Crippen LogP contribution in [0.3, 0.4) is 0 Å². The summed E-state index contributed by atoms with van der Waals surface area (Å²) < 4.78 is 0. The van der Waals surface area contributed by atoms with Crippen LogP contribution in [0.5, 0.6) is 0 Å². The molecule has 0 saturated heterocycles. The maximum absolute atomic E-state index is 13.9. The van der Waals surface area contributed by atoms with Crippen molar-refractivity contribution in [1.29, 1.82) is 0 Å². The van der Waals surface area contributed by atoms with E-state index in [1.165, 1.54) is 0 Å². The van der Waals surface area contributed by atoms with E-state index in [1.54, 1.807) is 6.92 Å². The zero-order valence-corrected chi connectivity index (χ0v) is 34.4. The highest BCUT2D eigenvalue weighted by atomic mass is 16.2. The number of hydrogen-bond acceptors (Lipinski definition) is 14. The monoisotopic (exact) mass is 840 g/mol. The highest BCUT2D eigenvalue weighted by molar-refractivity contribution is 5.97. The standard InChI is InChI=1S/C38H69N11O10/c1-22(5-2-16-39)47-36(57)24(9-13-33(44)54)20-30(51)27(6-3-17-40)49-38(59)25(10-14-34(45)55)21-31(52)28(7-4-18-41)48-37(58)23(8-12-32(43)53)19-29(50)26(42)11-15-35(46)56/h22-28H,2-21,39-42H2,1H3,(H2,43,53)(H2,44,54)(H2,45,55)(H2,46,56)(H,47,57)(H,48,58)(H,49,59)/t22-,23-,24-,25-,26+,27+,28+/m1/s1. The molecule has 59 heavy (non-hydrogen) atoms. The van der Waals surface area contributed by atoms with Gasteiger partial charge in [0.05, 0.1) is 18.1 Å². The van der Waals surface area contributed by atoms with E-state index in [9.17, 15) is 47.9 Å². The lowest BCUT2D eigenvalue weighted by molar-refractivity contribution is -0.136. The third-order valence-corrected chi connectivity index (χ3v) is 9.82. The maximum Gasteiger partial charge on any atom is 0.224 e. The van der Waals surface area contributed by atoms with Crippen LogP contribution in [0, 0.1) is 17.8 Å². The molecule has 0 aliphatic rings. The number of amides is 7. The van der Waals surface area contributed by atoms with Crippen LogP contribution < -0.4 is 61.8 Å². The van der Waals surface area contributed by atoms with Crippen LogP contribution in [0.15, 0.2) is 0 Å². The normalized spacial score (nSPS) is 14.7. The van der Waals surface area contributed by atoms with Gasteiger partial charge < -0.3 is 61.8 Å². The number of nitrogens with one attached hydrogen (secondary N) is 3. The van der Waals surface area contributed by atoms with Crippen LogP contribution >= 0.6 is 0 Å². The van der Waals surface area contributed by atoms with Crippen LogP contribution in [0.2, 0.25) is 0 Å². The van der Waals surface area contributed by atoms with Crippen LogP contribution in [-0.4, -0.2) is 103 Å². The van der Waals surface area contributed by atoms with Gasteiger partial charge in [-0.2, -0.15) is 0 Å². The van der Waals surface area contributed by atoms with Gasteiger partial charge in [-0.3, -0.25) is 47.9 Å². The first-order valence-corrected chi connectivity index (χ1v) is 20.2. The van der Waals surface area contributed by atoms with E-state index in [0.717, 1.165) is 0 Å². The summed E-state index contributed by atoms with van der Waals surface area (Å²) in [6.07, 6.45) is -0.811. The van der Waals surface area contributed by atoms with Crippen molar-refractivity contribution in [2.45, 2.75) is 140 Å². The highest BCUT2D eigenvalue weighted by Gasteiger charge is 2.34. The topological polar surface area (TPSA) is 415 Å². The molecule has 0 aromatic carbocycles. The van der Waals surface area contributed by atoms with Crippen LogP contribution in [0.25, 0.3) is 0 Å². The molecule has 0 radical (unpaired) electrons. The van der Waals surface area contributed by atoms with Gasteiger partial charge in [0.1, 0.15) is 5.78 Å². The quantitative estimate of drug-likeness (QED) is 0.0296. The van der Waals surface area contributed by atoms with Crippen molar-refractivity contribution < 1.29 is 47.9 Å². The average Bonchev–Trinajstić information content (AvgIpc) is 3.16. The molecular formula is C38H69N11O10. The molecule has 7 atom stereocenters. The number of Topliss-reactive ketones (excluding diaryl/α,β-unsaturated/α-hetero) is 3. The summed E-state index contributed by atoms with van der Waals surface area (Å²) in [4.78, 5) is 127. The van der Waals surface area contributed by atoms with Gasteiger partial charge in [-0.25, -0.2) is 0 Å². The van der Waals surface area contributed by atoms with Gasteiger partial charge in [0.25, 0.3) is 0 Å². The van der Waals surface area contributed by atoms with Gasteiger partial charge >= 0.3 is 0 Å². The summed E-state index contributed by atoms with van der Waals surface area (Å²) in [7, 11) is 0. The van der Waals surface area contributed by atoms with Crippen molar-refractivity contribution in [1.82, 2.24) is 16.0 Å². The predicted molar refractivity (Wildman–Crippen MR) is 217 cm³/mol. The van der Waals surface area contributed by atoms with Crippen molar-refractivity contribution in [3.63, 3.8) is 0 Å². The third-order valence-electron chi connectivity index (χ3n) is 9.82. The first-order valence-electron chi connectivity index (χ1n) is 20.2. The average molecular weight is 840 g/mol. The minimum absolute atomic E-state index is 0.0249. The minimum atomic E-state index is -1.23.